The SMILES string of the molecule is CC[Si](CC)(CC)O[C@H](Cc1ccc(OCc2ccccc2)c(NS(C)(=O)=O)c1)N[C@H](Cc1ccccc1)c1ccc(C(=O)OC)cc1. The van der Waals surface area contributed by atoms with Crippen LogP contribution in [0.2, 0.25) is 18.1 Å². The van der Waals surface area contributed by atoms with Crippen molar-refractivity contribution in [2.45, 2.75) is 70.6 Å². The van der Waals surface area contributed by atoms with Crippen LogP contribution in [0.1, 0.15) is 59.4 Å². The summed E-state index contributed by atoms with van der Waals surface area (Å²) < 4.78 is 45.6. The molecule has 2 atom stereocenters. The van der Waals surface area contributed by atoms with Crippen LogP contribution in [0.4, 0.5) is 5.69 Å². The van der Waals surface area contributed by atoms with Crippen LogP contribution in [0.25, 0.3) is 0 Å². The third-order valence-electron chi connectivity index (χ3n) is 8.73. The third kappa shape index (κ3) is 10.8. The molecule has 256 valence electrons. The number of rotatable bonds is 18. The maximum Gasteiger partial charge on any atom is 0.337 e. The van der Waals surface area contributed by atoms with Gasteiger partial charge in [-0.2, -0.15) is 0 Å². The molecule has 10 heteroatoms. The van der Waals surface area contributed by atoms with Crippen LogP contribution in [-0.4, -0.2) is 42.3 Å². The molecule has 0 amide bonds. The summed E-state index contributed by atoms with van der Waals surface area (Å²) in [6, 6.07) is 35.9. The number of benzene rings is 4. The molecule has 0 spiro atoms. The minimum atomic E-state index is -3.57. The summed E-state index contributed by atoms with van der Waals surface area (Å²) in [6.45, 7) is 6.92. The standard InChI is InChI=1S/C38H48N2O6SSi/c1-6-48(7-2,8-3)46-37(39-34(25-29-15-11-9-12-16-29)32-20-22-33(23-21-32)38(41)44-4)27-31-19-24-36(35(26-31)40-47(5,42)43)45-28-30-17-13-10-14-18-30/h9-24,26,34,37,39-40H,6-8,25,27-28H2,1-5H3/t34-,37-/m1/s1. The Morgan fingerprint density at radius 2 is 1.38 bits per heavy atom. The van der Waals surface area contributed by atoms with E-state index in [0.29, 0.717) is 36.4 Å². The van der Waals surface area contributed by atoms with Crippen molar-refractivity contribution in [1.29, 1.82) is 0 Å². The summed E-state index contributed by atoms with van der Waals surface area (Å²) in [6.07, 6.45) is 1.96. The molecule has 0 heterocycles. The summed E-state index contributed by atoms with van der Waals surface area (Å²) in [5, 5.41) is 3.84. The average Bonchev–Trinajstić information content (AvgIpc) is 3.10. The predicted octanol–water partition coefficient (Wildman–Crippen LogP) is 7.89. The van der Waals surface area contributed by atoms with Crippen molar-refractivity contribution in [2.75, 3.05) is 18.1 Å². The van der Waals surface area contributed by atoms with Gasteiger partial charge in [-0.1, -0.05) is 99.6 Å². The number of ether oxygens (including phenoxy) is 2. The van der Waals surface area contributed by atoms with E-state index in [2.05, 4.69) is 42.9 Å². The Kier molecular flexibility index (Phi) is 13.4. The van der Waals surface area contributed by atoms with E-state index in [4.69, 9.17) is 13.9 Å². The zero-order chi connectivity index (χ0) is 34.6. The lowest BCUT2D eigenvalue weighted by molar-refractivity contribution is 0.0600. The highest BCUT2D eigenvalue weighted by molar-refractivity contribution is 7.92. The van der Waals surface area contributed by atoms with E-state index in [1.165, 1.54) is 7.11 Å². The van der Waals surface area contributed by atoms with E-state index in [-0.39, 0.29) is 18.2 Å². The Hall–Kier alpha value is -3.96. The van der Waals surface area contributed by atoms with E-state index in [1.54, 1.807) is 12.1 Å². The number of anilines is 1. The predicted molar refractivity (Wildman–Crippen MR) is 195 cm³/mol. The molecule has 4 aromatic rings. The zero-order valence-electron chi connectivity index (χ0n) is 28.6. The van der Waals surface area contributed by atoms with Gasteiger partial charge in [0, 0.05) is 12.5 Å². The van der Waals surface area contributed by atoms with Crippen LogP contribution in [0.3, 0.4) is 0 Å². The second-order valence-electron chi connectivity index (χ2n) is 12.1. The number of carbonyl (C=O) groups excluding carboxylic acids is 1. The first-order valence-electron chi connectivity index (χ1n) is 16.5. The Balaban J connectivity index is 1.69. The molecule has 8 nitrogen and oxygen atoms in total. The molecule has 0 aliphatic carbocycles. The van der Waals surface area contributed by atoms with Crippen molar-refractivity contribution in [2.24, 2.45) is 0 Å². The summed E-state index contributed by atoms with van der Waals surface area (Å²) in [7, 11) is -4.29. The van der Waals surface area contributed by atoms with E-state index in [0.717, 1.165) is 46.6 Å². The molecule has 2 N–H and O–H groups in total. The quantitative estimate of drug-likeness (QED) is 0.0623. The fourth-order valence-electron chi connectivity index (χ4n) is 5.81. The smallest absolute Gasteiger partial charge is 0.337 e. The maximum absolute atomic E-state index is 12.4. The van der Waals surface area contributed by atoms with Gasteiger partial charge in [0.15, 0.2) is 8.32 Å². The molecule has 0 fully saturated rings. The monoisotopic (exact) mass is 688 g/mol. The molecule has 0 aliphatic heterocycles. The minimum Gasteiger partial charge on any atom is -0.487 e. The molecule has 0 unspecified atom stereocenters. The second-order valence-corrected chi connectivity index (χ2v) is 18.5. The fraction of sp³-hybridized carbons (Fsp3) is 0.342. The van der Waals surface area contributed by atoms with Crippen molar-refractivity contribution in [3.63, 3.8) is 0 Å². The third-order valence-corrected chi connectivity index (χ3v) is 14.0. The number of hydrogen-bond acceptors (Lipinski definition) is 7. The number of nitrogens with one attached hydrogen (secondary N) is 2. The van der Waals surface area contributed by atoms with Gasteiger partial charge < -0.3 is 13.9 Å². The molecule has 0 aromatic heterocycles. The summed E-state index contributed by atoms with van der Waals surface area (Å²) in [5.41, 5.74) is 4.93. The highest BCUT2D eigenvalue weighted by Gasteiger charge is 2.33. The lowest BCUT2D eigenvalue weighted by Crippen LogP contribution is -2.47. The van der Waals surface area contributed by atoms with Gasteiger partial charge in [-0.15, -0.1) is 0 Å². The maximum atomic E-state index is 12.4. The van der Waals surface area contributed by atoms with Crippen molar-refractivity contribution in [3.8, 4) is 5.75 Å². The molecule has 0 radical (unpaired) electrons. The largest absolute Gasteiger partial charge is 0.487 e. The van der Waals surface area contributed by atoms with E-state index in [1.807, 2.05) is 78.9 Å². The highest BCUT2D eigenvalue weighted by atomic mass is 32.2. The van der Waals surface area contributed by atoms with Crippen LogP contribution in [0.15, 0.2) is 103 Å². The van der Waals surface area contributed by atoms with Gasteiger partial charge in [-0.3, -0.25) is 10.0 Å². The lowest BCUT2D eigenvalue weighted by Gasteiger charge is -2.36. The first-order chi connectivity index (χ1) is 23.1. The molecule has 0 aliphatic rings. The van der Waals surface area contributed by atoms with Crippen molar-refractivity contribution in [1.82, 2.24) is 5.32 Å². The van der Waals surface area contributed by atoms with Crippen LogP contribution in [0, 0.1) is 0 Å². The van der Waals surface area contributed by atoms with Crippen LogP contribution in [-0.2, 0) is 38.6 Å². The van der Waals surface area contributed by atoms with Crippen LogP contribution in [0.5, 0.6) is 5.75 Å². The number of methoxy groups -OCH3 is 1. The average molecular weight is 689 g/mol. The molecule has 0 saturated heterocycles. The van der Waals surface area contributed by atoms with Crippen molar-refractivity contribution >= 4 is 30.0 Å². The molecule has 0 bridgehead atoms. The molecule has 4 rings (SSSR count). The van der Waals surface area contributed by atoms with Crippen LogP contribution < -0.4 is 14.8 Å². The number of esters is 1. The molecule has 4 aromatic carbocycles. The number of hydrogen-bond donors (Lipinski definition) is 2. The van der Waals surface area contributed by atoms with E-state index < -0.39 is 18.3 Å². The number of carbonyl (C=O) groups is 1. The second kappa shape index (κ2) is 17.4. The molecule has 48 heavy (non-hydrogen) atoms. The first-order valence-corrected chi connectivity index (χ1v) is 20.9. The lowest BCUT2D eigenvalue weighted by atomic mass is 9.97. The first kappa shape index (κ1) is 36.9. The van der Waals surface area contributed by atoms with Gasteiger partial charge in [-0.05, 0) is 71.1 Å². The van der Waals surface area contributed by atoms with Gasteiger partial charge in [0.25, 0.3) is 0 Å². The van der Waals surface area contributed by atoms with E-state index >= 15 is 0 Å². The zero-order valence-corrected chi connectivity index (χ0v) is 30.4. The summed E-state index contributed by atoms with van der Waals surface area (Å²) in [5.74, 6) is 0.0696. The van der Waals surface area contributed by atoms with E-state index in [9.17, 15) is 13.2 Å². The normalized spacial score (nSPS) is 13.0. The Morgan fingerprint density at radius 1 is 0.771 bits per heavy atom. The minimum absolute atomic E-state index is 0.136. The summed E-state index contributed by atoms with van der Waals surface area (Å²) in [4.78, 5) is 12.2. The topological polar surface area (TPSA) is 103 Å². The van der Waals surface area contributed by atoms with Crippen LogP contribution >= 0.6 is 0 Å². The Bertz CT molecular complexity index is 1690. The molecular weight excluding hydrogens is 641 g/mol. The molecular formula is C38H48N2O6SSi. The van der Waals surface area contributed by atoms with Gasteiger partial charge in [0.05, 0.1) is 24.6 Å². The Morgan fingerprint density at radius 3 is 1.94 bits per heavy atom. The highest BCUT2D eigenvalue weighted by Crippen LogP contribution is 2.31. The van der Waals surface area contributed by atoms with Gasteiger partial charge >= 0.3 is 5.97 Å². The number of sulfonamides is 1. The Labute approximate surface area is 287 Å². The summed E-state index contributed by atoms with van der Waals surface area (Å²) >= 11 is 0. The van der Waals surface area contributed by atoms with Crippen molar-refractivity contribution in [3.05, 3.63) is 131 Å². The fourth-order valence-corrected chi connectivity index (χ4v) is 9.13. The van der Waals surface area contributed by atoms with Gasteiger partial charge in [0.2, 0.25) is 10.0 Å². The van der Waals surface area contributed by atoms with Gasteiger partial charge in [0.1, 0.15) is 18.6 Å². The van der Waals surface area contributed by atoms with Crippen molar-refractivity contribution < 1.29 is 27.1 Å². The molecule has 0 saturated carbocycles. The van der Waals surface area contributed by atoms with Gasteiger partial charge in [-0.25, -0.2) is 13.2 Å².